The highest BCUT2D eigenvalue weighted by atomic mass is 32.2. The maximum atomic E-state index is 13.1. The third-order valence-corrected chi connectivity index (χ3v) is 7.70. The largest absolute Gasteiger partial charge is 0.290 e. The van der Waals surface area contributed by atoms with Crippen LogP contribution in [0.1, 0.15) is 49.8 Å². The van der Waals surface area contributed by atoms with E-state index < -0.39 is 0 Å². The van der Waals surface area contributed by atoms with Crippen LogP contribution in [0.5, 0.6) is 0 Å². The average molecular weight is 432 g/mol. The normalized spacial score (nSPS) is 20.6. The van der Waals surface area contributed by atoms with E-state index in [0.717, 1.165) is 28.2 Å². The van der Waals surface area contributed by atoms with Crippen LogP contribution in [0.15, 0.2) is 41.3 Å². The summed E-state index contributed by atoms with van der Waals surface area (Å²) >= 11 is 8.57. The third kappa shape index (κ3) is 4.39. The minimum Gasteiger partial charge on any atom is -0.290 e. The molecule has 1 aliphatic heterocycles. The van der Waals surface area contributed by atoms with Crippen molar-refractivity contribution in [3.63, 3.8) is 0 Å². The van der Waals surface area contributed by atoms with Gasteiger partial charge in [0.25, 0.3) is 5.91 Å². The third-order valence-electron chi connectivity index (χ3n) is 5.29. The van der Waals surface area contributed by atoms with Gasteiger partial charge < -0.3 is 0 Å². The Morgan fingerprint density at radius 3 is 2.39 bits per heavy atom. The van der Waals surface area contributed by atoms with Crippen LogP contribution in [0.3, 0.4) is 0 Å². The SMILES string of the molecule is O=C1/C(=C\c2ccc(-c3ccc(F)cc3)s2)SC(=S)N1C1CCCCCCC1. The number of halogens is 1. The molecule has 146 valence electrons. The second-order valence-corrected chi connectivity index (χ2v) is 10.1. The Balaban J connectivity index is 1.51. The fourth-order valence-corrected chi connectivity index (χ4v) is 6.24. The molecule has 1 amide bonds. The van der Waals surface area contributed by atoms with Crippen LogP contribution in [0.25, 0.3) is 16.5 Å². The van der Waals surface area contributed by atoms with Gasteiger partial charge in [0.15, 0.2) is 0 Å². The molecule has 1 aromatic carbocycles. The summed E-state index contributed by atoms with van der Waals surface area (Å²) in [5.74, 6) is -0.185. The zero-order valence-corrected chi connectivity index (χ0v) is 18.0. The van der Waals surface area contributed by atoms with E-state index in [4.69, 9.17) is 12.2 Å². The van der Waals surface area contributed by atoms with E-state index in [2.05, 4.69) is 0 Å². The highest BCUT2D eigenvalue weighted by molar-refractivity contribution is 8.26. The monoisotopic (exact) mass is 431 g/mol. The molecule has 1 aromatic heterocycles. The summed E-state index contributed by atoms with van der Waals surface area (Å²) in [6.45, 7) is 0. The van der Waals surface area contributed by atoms with Crippen molar-refractivity contribution in [3.05, 3.63) is 52.0 Å². The average Bonchev–Trinajstić information content (AvgIpc) is 3.22. The van der Waals surface area contributed by atoms with Gasteiger partial charge in [-0.1, -0.05) is 68.2 Å². The molecule has 4 rings (SSSR count). The number of amides is 1. The van der Waals surface area contributed by atoms with Gasteiger partial charge in [-0.2, -0.15) is 0 Å². The first kappa shape index (κ1) is 19.8. The lowest BCUT2D eigenvalue weighted by atomic mass is 9.96. The Bertz CT molecular complexity index is 895. The summed E-state index contributed by atoms with van der Waals surface area (Å²) in [6.07, 6.45) is 10.2. The van der Waals surface area contributed by atoms with Crippen molar-refractivity contribution in [3.8, 4) is 10.4 Å². The number of hydrogen-bond donors (Lipinski definition) is 0. The van der Waals surface area contributed by atoms with E-state index in [0.29, 0.717) is 9.23 Å². The van der Waals surface area contributed by atoms with Crippen LogP contribution in [-0.2, 0) is 4.79 Å². The number of thiophene rings is 1. The second-order valence-electron chi connectivity index (χ2n) is 7.26. The van der Waals surface area contributed by atoms with E-state index in [-0.39, 0.29) is 17.8 Å². The lowest BCUT2D eigenvalue weighted by Crippen LogP contribution is -2.39. The van der Waals surface area contributed by atoms with Gasteiger partial charge >= 0.3 is 0 Å². The number of thiocarbonyl (C=S) groups is 1. The molecule has 0 unspecified atom stereocenters. The molecule has 2 aliphatic rings. The molecule has 0 radical (unpaired) electrons. The van der Waals surface area contributed by atoms with Crippen molar-refractivity contribution in [1.82, 2.24) is 4.90 Å². The molecule has 0 spiro atoms. The first-order valence-corrected chi connectivity index (χ1v) is 11.8. The topological polar surface area (TPSA) is 20.3 Å². The fraction of sp³-hybridized carbons (Fsp3) is 0.364. The smallest absolute Gasteiger partial charge is 0.266 e. The van der Waals surface area contributed by atoms with Crippen LogP contribution in [0, 0.1) is 5.82 Å². The van der Waals surface area contributed by atoms with Gasteiger partial charge in [-0.25, -0.2) is 4.39 Å². The van der Waals surface area contributed by atoms with Crippen molar-refractivity contribution in [2.45, 2.75) is 51.0 Å². The molecule has 1 saturated carbocycles. The molecule has 0 N–H and O–H groups in total. The fourth-order valence-electron chi connectivity index (χ4n) is 3.82. The van der Waals surface area contributed by atoms with Crippen molar-refractivity contribution in [2.75, 3.05) is 0 Å². The molecule has 1 saturated heterocycles. The summed E-state index contributed by atoms with van der Waals surface area (Å²) < 4.78 is 13.8. The molecule has 2 fully saturated rings. The summed E-state index contributed by atoms with van der Waals surface area (Å²) in [4.78, 5) is 17.7. The zero-order chi connectivity index (χ0) is 19.5. The van der Waals surface area contributed by atoms with E-state index >= 15 is 0 Å². The predicted molar refractivity (Wildman–Crippen MR) is 121 cm³/mol. The number of thioether (sulfide) groups is 1. The molecule has 28 heavy (non-hydrogen) atoms. The van der Waals surface area contributed by atoms with E-state index in [1.54, 1.807) is 23.5 Å². The molecule has 2 nitrogen and oxygen atoms in total. The Kier molecular flexibility index (Phi) is 6.28. The first-order valence-electron chi connectivity index (χ1n) is 9.75. The van der Waals surface area contributed by atoms with E-state index in [9.17, 15) is 9.18 Å². The Labute approximate surface area is 178 Å². The number of carbonyl (C=O) groups is 1. The minimum absolute atomic E-state index is 0.0531. The molecule has 2 heterocycles. The summed E-state index contributed by atoms with van der Waals surface area (Å²) in [5.41, 5.74) is 0.980. The molecule has 2 aromatic rings. The molecular formula is C22H22FNOS3. The van der Waals surface area contributed by atoms with Gasteiger partial charge in [0, 0.05) is 15.8 Å². The van der Waals surface area contributed by atoms with Crippen molar-refractivity contribution in [2.24, 2.45) is 0 Å². The first-order chi connectivity index (χ1) is 13.6. The van der Waals surface area contributed by atoms with Gasteiger partial charge in [-0.3, -0.25) is 9.69 Å². The number of nitrogens with zero attached hydrogens (tertiary/aromatic N) is 1. The minimum atomic E-state index is -0.238. The Morgan fingerprint density at radius 2 is 1.68 bits per heavy atom. The number of benzene rings is 1. The molecule has 0 atom stereocenters. The number of hydrogen-bond acceptors (Lipinski definition) is 4. The Hall–Kier alpha value is -1.50. The quantitative estimate of drug-likeness (QED) is 0.391. The van der Waals surface area contributed by atoms with Crippen molar-refractivity contribution in [1.29, 1.82) is 0 Å². The van der Waals surface area contributed by atoms with Gasteiger partial charge in [-0.05, 0) is 48.7 Å². The maximum Gasteiger partial charge on any atom is 0.266 e. The van der Waals surface area contributed by atoms with Gasteiger partial charge in [0.2, 0.25) is 0 Å². The lowest BCUT2D eigenvalue weighted by molar-refractivity contribution is -0.123. The van der Waals surface area contributed by atoms with E-state index in [1.165, 1.54) is 56.0 Å². The van der Waals surface area contributed by atoms with Crippen LogP contribution < -0.4 is 0 Å². The van der Waals surface area contributed by atoms with Crippen LogP contribution in [-0.4, -0.2) is 21.2 Å². The molecule has 0 bridgehead atoms. The second kappa shape index (κ2) is 8.89. The standard InChI is InChI=1S/C22H22FNOS3/c23-16-10-8-15(9-11-16)19-13-12-18(27-19)14-20-21(25)24(22(26)28-20)17-6-4-2-1-3-5-7-17/h8-14,17H,1-7H2/b20-14+. The Morgan fingerprint density at radius 1 is 1.00 bits per heavy atom. The number of carbonyl (C=O) groups excluding carboxylic acids is 1. The molecule has 1 aliphatic carbocycles. The van der Waals surface area contributed by atoms with Crippen LogP contribution >= 0.6 is 35.3 Å². The van der Waals surface area contributed by atoms with Crippen molar-refractivity contribution >= 4 is 51.6 Å². The molecular weight excluding hydrogens is 409 g/mol. The lowest BCUT2D eigenvalue weighted by Gasteiger charge is -2.28. The predicted octanol–water partition coefficient (Wildman–Crippen LogP) is 6.87. The summed E-state index contributed by atoms with van der Waals surface area (Å²) in [5, 5.41) is 0. The maximum absolute atomic E-state index is 13.1. The van der Waals surface area contributed by atoms with Gasteiger partial charge in [0.1, 0.15) is 10.1 Å². The van der Waals surface area contributed by atoms with Crippen LogP contribution in [0.4, 0.5) is 4.39 Å². The highest BCUT2D eigenvalue weighted by Gasteiger charge is 2.36. The summed E-state index contributed by atoms with van der Waals surface area (Å²) in [7, 11) is 0. The highest BCUT2D eigenvalue weighted by Crippen LogP contribution is 2.38. The zero-order valence-electron chi connectivity index (χ0n) is 15.5. The van der Waals surface area contributed by atoms with Gasteiger partial charge in [0.05, 0.1) is 4.91 Å². The summed E-state index contributed by atoms with van der Waals surface area (Å²) in [6, 6.07) is 10.8. The van der Waals surface area contributed by atoms with E-state index in [1.807, 2.05) is 23.1 Å². The van der Waals surface area contributed by atoms with Gasteiger partial charge in [-0.15, -0.1) is 11.3 Å². The van der Waals surface area contributed by atoms with Crippen molar-refractivity contribution < 1.29 is 9.18 Å². The number of rotatable bonds is 3. The molecule has 6 heteroatoms. The van der Waals surface area contributed by atoms with Crippen LogP contribution in [0.2, 0.25) is 0 Å².